The maximum absolute atomic E-state index is 13.3. The Morgan fingerprint density at radius 3 is 2.39 bits per heavy atom. The van der Waals surface area contributed by atoms with Gasteiger partial charge in [-0.05, 0) is 35.4 Å². The molecule has 0 bridgehead atoms. The van der Waals surface area contributed by atoms with E-state index < -0.39 is 5.82 Å². The number of hydrogen-bond donors (Lipinski definition) is 2. The zero-order valence-electron chi connectivity index (χ0n) is 13.1. The summed E-state index contributed by atoms with van der Waals surface area (Å²) in [5.41, 5.74) is 1.64. The number of benzene rings is 2. The van der Waals surface area contributed by atoms with Crippen molar-refractivity contribution in [2.75, 3.05) is 14.1 Å². The lowest BCUT2D eigenvalue weighted by molar-refractivity contribution is 0.431. The van der Waals surface area contributed by atoms with E-state index in [1.165, 1.54) is 24.3 Å². The van der Waals surface area contributed by atoms with Crippen LogP contribution in [0.2, 0.25) is 0 Å². The maximum atomic E-state index is 13.3. The number of hydrogen-bond acceptors (Lipinski definition) is 2. The zero-order valence-corrected chi connectivity index (χ0v) is 13.1. The summed E-state index contributed by atoms with van der Waals surface area (Å²) in [7, 11) is 3.51. The SMILES string of the molecule is CN=C(NCc1ccc(O)c(F)c1)N(C)Cc1ccc(F)cc1. The van der Waals surface area contributed by atoms with E-state index in [2.05, 4.69) is 10.3 Å². The fourth-order valence-electron chi connectivity index (χ4n) is 2.16. The van der Waals surface area contributed by atoms with Crippen molar-refractivity contribution in [3.05, 3.63) is 65.2 Å². The Morgan fingerprint density at radius 1 is 1.13 bits per heavy atom. The lowest BCUT2D eigenvalue weighted by atomic mass is 10.2. The number of nitrogens with one attached hydrogen (secondary N) is 1. The van der Waals surface area contributed by atoms with Crippen LogP contribution in [0.1, 0.15) is 11.1 Å². The van der Waals surface area contributed by atoms with Gasteiger partial charge in [0.2, 0.25) is 0 Å². The van der Waals surface area contributed by atoms with Crippen molar-refractivity contribution in [2.45, 2.75) is 13.1 Å². The average Bonchev–Trinajstić information content (AvgIpc) is 2.53. The first-order chi connectivity index (χ1) is 11.0. The average molecular weight is 319 g/mol. The second kappa shape index (κ2) is 7.58. The van der Waals surface area contributed by atoms with Crippen LogP contribution in [0, 0.1) is 11.6 Å². The van der Waals surface area contributed by atoms with Gasteiger partial charge < -0.3 is 15.3 Å². The molecule has 0 saturated carbocycles. The molecule has 0 atom stereocenters. The third-order valence-electron chi connectivity index (χ3n) is 3.37. The second-order valence-electron chi connectivity index (χ2n) is 5.17. The normalized spacial score (nSPS) is 11.4. The van der Waals surface area contributed by atoms with Crippen LogP contribution in [0.25, 0.3) is 0 Å². The smallest absolute Gasteiger partial charge is 0.193 e. The highest BCUT2D eigenvalue weighted by Crippen LogP contribution is 2.16. The summed E-state index contributed by atoms with van der Waals surface area (Å²) in [6.45, 7) is 0.932. The highest BCUT2D eigenvalue weighted by molar-refractivity contribution is 5.79. The summed E-state index contributed by atoms with van der Waals surface area (Å²) < 4.78 is 26.2. The van der Waals surface area contributed by atoms with Crippen LogP contribution in [0.5, 0.6) is 5.75 Å². The number of aromatic hydroxyl groups is 1. The van der Waals surface area contributed by atoms with E-state index in [1.54, 1.807) is 25.2 Å². The Kier molecular flexibility index (Phi) is 5.51. The molecule has 2 aromatic carbocycles. The first-order valence-electron chi connectivity index (χ1n) is 7.13. The number of guanidine groups is 1. The first-order valence-corrected chi connectivity index (χ1v) is 7.13. The van der Waals surface area contributed by atoms with Crippen molar-refractivity contribution in [1.29, 1.82) is 0 Å². The van der Waals surface area contributed by atoms with Gasteiger partial charge >= 0.3 is 0 Å². The molecule has 0 spiro atoms. The number of phenols is 1. The van der Waals surface area contributed by atoms with E-state index in [0.717, 1.165) is 5.56 Å². The molecule has 122 valence electrons. The lowest BCUT2D eigenvalue weighted by Crippen LogP contribution is -2.38. The molecule has 0 aliphatic carbocycles. The van der Waals surface area contributed by atoms with E-state index in [0.29, 0.717) is 24.6 Å². The summed E-state index contributed by atoms with van der Waals surface area (Å²) in [6.07, 6.45) is 0. The van der Waals surface area contributed by atoms with Crippen LogP contribution in [-0.4, -0.2) is 30.1 Å². The van der Waals surface area contributed by atoms with Crippen LogP contribution in [0.4, 0.5) is 8.78 Å². The standard InChI is InChI=1S/C17H19F2N3O/c1-20-17(21-10-13-5-8-16(23)15(19)9-13)22(2)11-12-3-6-14(18)7-4-12/h3-9,23H,10-11H2,1-2H3,(H,20,21). The number of aliphatic imine (C=N–C) groups is 1. The summed E-state index contributed by atoms with van der Waals surface area (Å²) in [5, 5.41) is 12.3. The monoisotopic (exact) mass is 319 g/mol. The van der Waals surface area contributed by atoms with Gasteiger partial charge in [-0.15, -0.1) is 0 Å². The number of nitrogens with zero attached hydrogens (tertiary/aromatic N) is 2. The quantitative estimate of drug-likeness (QED) is 0.673. The summed E-state index contributed by atoms with van der Waals surface area (Å²) >= 11 is 0. The van der Waals surface area contributed by atoms with Gasteiger partial charge in [-0.25, -0.2) is 8.78 Å². The van der Waals surface area contributed by atoms with E-state index >= 15 is 0 Å². The molecule has 0 aromatic heterocycles. The van der Waals surface area contributed by atoms with Gasteiger partial charge in [-0.3, -0.25) is 4.99 Å². The number of rotatable bonds is 4. The molecule has 23 heavy (non-hydrogen) atoms. The van der Waals surface area contributed by atoms with Crippen molar-refractivity contribution >= 4 is 5.96 Å². The van der Waals surface area contributed by atoms with E-state index in [4.69, 9.17) is 0 Å². The molecule has 0 radical (unpaired) electrons. The van der Waals surface area contributed by atoms with E-state index in [9.17, 15) is 13.9 Å². The molecular weight excluding hydrogens is 300 g/mol. The minimum Gasteiger partial charge on any atom is -0.505 e. The zero-order chi connectivity index (χ0) is 16.8. The lowest BCUT2D eigenvalue weighted by Gasteiger charge is -2.22. The topological polar surface area (TPSA) is 47.9 Å². The Morgan fingerprint density at radius 2 is 1.78 bits per heavy atom. The summed E-state index contributed by atoms with van der Waals surface area (Å²) in [6, 6.07) is 10.5. The van der Waals surface area contributed by atoms with Gasteiger partial charge in [0.05, 0.1) is 0 Å². The molecule has 0 heterocycles. The third-order valence-corrected chi connectivity index (χ3v) is 3.37. The molecule has 0 aliphatic rings. The van der Waals surface area contributed by atoms with Gasteiger partial charge in [-0.1, -0.05) is 18.2 Å². The summed E-state index contributed by atoms with van der Waals surface area (Å²) in [4.78, 5) is 6.05. The van der Waals surface area contributed by atoms with Gasteiger partial charge in [0.15, 0.2) is 17.5 Å². The number of phenolic OH excluding ortho intramolecular Hbond substituents is 1. The van der Waals surface area contributed by atoms with Crippen LogP contribution in [0.3, 0.4) is 0 Å². The molecule has 0 amide bonds. The Bertz CT molecular complexity index is 687. The molecule has 2 aromatic rings. The Balaban J connectivity index is 1.96. The molecular formula is C17H19F2N3O. The molecule has 2 rings (SSSR count). The maximum Gasteiger partial charge on any atom is 0.193 e. The van der Waals surface area contributed by atoms with E-state index in [-0.39, 0.29) is 11.6 Å². The highest BCUT2D eigenvalue weighted by Gasteiger charge is 2.08. The fourth-order valence-corrected chi connectivity index (χ4v) is 2.16. The highest BCUT2D eigenvalue weighted by atomic mass is 19.1. The predicted octanol–water partition coefficient (Wildman–Crippen LogP) is 2.88. The molecule has 0 fully saturated rings. The second-order valence-corrected chi connectivity index (χ2v) is 5.17. The Labute approximate surface area is 134 Å². The molecule has 0 saturated heterocycles. The Hall–Kier alpha value is -2.63. The van der Waals surface area contributed by atoms with Crippen LogP contribution in [0.15, 0.2) is 47.5 Å². The van der Waals surface area contributed by atoms with Crippen molar-refractivity contribution in [2.24, 2.45) is 4.99 Å². The fraction of sp³-hybridized carbons (Fsp3) is 0.235. The van der Waals surface area contributed by atoms with Crippen LogP contribution in [-0.2, 0) is 13.1 Å². The van der Waals surface area contributed by atoms with Gasteiger partial charge in [0.1, 0.15) is 5.82 Å². The minimum atomic E-state index is -0.654. The van der Waals surface area contributed by atoms with Crippen molar-refractivity contribution in [1.82, 2.24) is 10.2 Å². The van der Waals surface area contributed by atoms with Crippen LogP contribution >= 0.6 is 0 Å². The first kappa shape index (κ1) is 16.7. The van der Waals surface area contributed by atoms with Gasteiger partial charge in [0.25, 0.3) is 0 Å². The van der Waals surface area contributed by atoms with Crippen molar-refractivity contribution < 1.29 is 13.9 Å². The van der Waals surface area contributed by atoms with Crippen molar-refractivity contribution in [3.63, 3.8) is 0 Å². The minimum absolute atomic E-state index is 0.270. The number of halogens is 2. The summed E-state index contributed by atoms with van der Waals surface area (Å²) in [5.74, 6) is -0.665. The molecule has 2 N–H and O–H groups in total. The predicted molar refractivity (Wildman–Crippen MR) is 86.1 cm³/mol. The third kappa shape index (κ3) is 4.67. The van der Waals surface area contributed by atoms with Crippen molar-refractivity contribution in [3.8, 4) is 5.75 Å². The van der Waals surface area contributed by atoms with Crippen LogP contribution < -0.4 is 5.32 Å². The van der Waals surface area contributed by atoms with Gasteiger partial charge in [-0.2, -0.15) is 0 Å². The molecule has 0 aliphatic heterocycles. The largest absolute Gasteiger partial charge is 0.505 e. The van der Waals surface area contributed by atoms with E-state index in [1.807, 2.05) is 11.9 Å². The molecule has 0 unspecified atom stereocenters. The molecule has 4 nitrogen and oxygen atoms in total. The van der Waals surface area contributed by atoms with Gasteiger partial charge in [0, 0.05) is 27.2 Å². The molecule has 6 heteroatoms.